The van der Waals surface area contributed by atoms with Gasteiger partial charge >= 0.3 is 5.69 Å². The minimum absolute atomic E-state index is 0.0830. The van der Waals surface area contributed by atoms with Crippen molar-refractivity contribution in [3.05, 3.63) is 51.3 Å². The van der Waals surface area contributed by atoms with Crippen LogP contribution in [0.1, 0.15) is 17.0 Å². The number of methoxy groups -OCH3 is 1. The van der Waals surface area contributed by atoms with Gasteiger partial charge in [-0.25, -0.2) is 5.43 Å². The fraction of sp³-hybridized carbons (Fsp3) is 0.267. The molecule has 0 radical (unpaired) electrons. The summed E-state index contributed by atoms with van der Waals surface area (Å²) in [6.45, 7) is 2.91. The number of nitrogens with one attached hydrogen (secondary N) is 1. The van der Waals surface area contributed by atoms with Crippen LogP contribution in [-0.4, -0.2) is 33.9 Å². The highest BCUT2D eigenvalue weighted by Gasteiger charge is 2.22. The molecule has 24 heavy (non-hydrogen) atoms. The van der Waals surface area contributed by atoms with Gasteiger partial charge < -0.3 is 4.74 Å². The molecule has 0 fully saturated rings. The summed E-state index contributed by atoms with van der Waals surface area (Å²) in [5, 5.41) is 18.8. The number of amides is 1. The van der Waals surface area contributed by atoms with Crippen molar-refractivity contribution in [2.24, 2.45) is 5.10 Å². The fourth-order valence-electron chi connectivity index (χ4n) is 2.22. The van der Waals surface area contributed by atoms with Gasteiger partial charge in [0, 0.05) is 5.56 Å². The molecule has 126 valence electrons. The Morgan fingerprint density at radius 1 is 1.46 bits per heavy atom. The molecule has 1 heterocycles. The smallest absolute Gasteiger partial charge is 0.312 e. The second-order valence-electron chi connectivity index (χ2n) is 4.97. The van der Waals surface area contributed by atoms with Crippen molar-refractivity contribution in [2.75, 3.05) is 7.11 Å². The number of aromatic nitrogens is 2. The summed E-state index contributed by atoms with van der Waals surface area (Å²) < 4.78 is 6.45. The van der Waals surface area contributed by atoms with Crippen LogP contribution in [0.2, 0.25) is 0 Å². The van der Waals surface area contributed by atoms with E-state index in [0.29, 0.717) is 17.0 Å². The van der Waals surface area contributed by atoms with Crippen LogP contribution in [0.3, 0.4) is 0 Å². The second kappa shape index (κ2) is 7.36. The van der Waals surface area contributed by atoms with Crippen molar-refractivity contribution in [1.29, 1.82) is 0 Å². The molecule has 0 saturated carbocycles. The highest BCUT2D eigenvalue weighted by Crippen LogP contribution is 2.21. The molecule has 2 rings (SSSR count). The summed E-state index contributed by atoms with van der Waals surface area (Å²) in [6, 6.07) is 7.21. The van der Waals surface area contributed by atoms with Gasteiger partial charge in [-0.05, 0) is 26.0 Å². The first-order valence-corrected chi connectivity index (χ1v) is 7.07. The molecule has 0 aliphatic heterocycles. The number of nitrogens with zero attached hydrogens (tertiary/aromatic N) is 4. The number of aryl methyl sites for hydroxylation is 1. The largest absolute Gasteiger partial charge is 0.496 e. The maximum absolute atomic E-state index is 11.9. The molecule has 0 spiro atoms. The van der Waals surface area contributed by atoms with Gasteiger partial charge in [-0.2, -0.15) is 10.2 Å². The molecule has 0 bridgehead atoms. The maximum atomic E-state index is 11.9. The Morgan fingerprint density at radius 3 is 2.79 bits per heavy atom. The normalized spacial score (nSPS) is 10.8. The molecular weight excluding hydrogens is 314 g/mol. The average Bonchev–Trinajstić information content (AvgIpc) is 2.81. The quantitative estimate of drug-likeness (QED) is 0.490. The number of carbonyl (C=O) groups excluding carboxylic acids is 1. The lowest BCUT2D eigenvalue weighted by molar-refractivity contribution is -0.386. The monoisotopic (exact) mass is 331 g/mol. The van der Waals surface area contributed by atoms with E-state index >= 15 is 0 Å². The minimum Gasteiger partial charge on any atom is -0.496 e. The molecule has 9 nitrogen and oxygen atoms in total. The molecule has 0 aliphatic rings. The summed E-state index contributed by atoms with van der Waals surface area (Å²) >= 11 is 0. The highest BCUT2D eigenvalue weighted by atomic mass is 16.6. The molecule has 1 amide bonds. The minimum atomic E-state index is -0.508. The first kappa shape index (κ1) is 17.1. The Labute approximate surface area is 138 Å². The standard InChI is InChI=1S/C15H17N5O4/c1-10-15(20(22)23)11(2)19(18-10)9-14(21)17-16-8-12-6-4-5-7-13(12)24-3/h4-8H,9H2,1-3H3,(H,17,21)/b16-8+. The van der Waals surface area contributed by atoms with Crippen molar-refractivity contribution in [3.63, 3.8) is 0 Å². The number of hydrogen-bond acceptors (Lipinski definition) is 6. The SMILES string of the molecule is COc1ccccc1/C=N/NC(=O)Cn1nc(C)c([N+](=O)[O-])c1C. The van der Waals surface area contributed by atoms with Gasteiger partial charge in [0.1, 0.15) is 23.7 Å². The average molecular weight is 331 g/mol. The van der Waals surface area contributed by atoms with E-state index in [9.17, 15) is 14.9 Å². The van der Waals surface area contributed by atoms with E-state index in [4.69, 9.17) is 4.74 Å². The zero-order valence-corrected chi connectivity index (χ0v) is 13.5. The molecule has 1 N–H and O–H groups in total. The van der Waals surface area contributed by atoms with Gasteiger partial charge in [-0.1, -0.05) is 12.1 Å². The van der Waals surface area contributed by atoms with Crippen LogP contribution in [0.5, 0.6) is 5.75 Å². The van der Waals surface area contributed by atoms with Crippen molar-refractivity contribution < 1.29 is 14.5 Å². The van der Waals surface area contributed by atoms with Gasteiger partial charge in [0.25, 0.3) is 5.91 Å². The summed E-state index contributed by atoms with van der Waals surface area (Å²) in [7, 11) is 1.54. The molecule has 9 heteroatoms. The van der Waals surface area contributed by atoms with Crippen LogP contribution in [0.4, 0.5) is 5.69 Å². The van der Waals surface area contributed by atoms with E-state index < -0.39 is 10.8 Å². The third kappa shape index (κ3) is 3.75. The highest BCUT2D eigenvalue weighted by molar-refractivity contribution is 5.85. The van der Waals surface area contributed by atoms with Gasteiger partial charge in [0.05, 0.1) is 18.2 Å². The second-order valence-corrected chi connectivity index (χ2v) is 4.97. The van der Waals surface area contributed by atoms with Crippen LogP contribution < -0.4 is 10.2 Å². The van der Waals surface area contributed by atoms with Crippen LogP contribution in [-0.2, 0) is 11.3 Å². The van der Waals surface area contributed by atoms with Crippen LogP contribution in [0, 0.1) is 24.0 Å². The van der Waals surface area contributed by atoms with Crippen molar-refractivity contribution in [2.45, 2.75) is 20.4 Å². The molecule has 1 aromatic carbocycles. The van der Waals surface area contributed by atoms with Crippen molar-refractivity contribution in [1.82, 2.24) is 15.2 Å². The topological polar surface area (TPSA) is 112 Å². The Hall–Kier alpha value is -3.23. The Morgan fingerprint density at radius 2 is 2.17 bits per heavy atom. The predicted octanol–water partition coefficient (Wildman–Crippen LogP) is 1.57. The number of hydrogen-bond donors (Lipinski definition) is 1. The number of ether oxygens (including phenoxy) is 1. The van der Waals surface area contributed by atoms with Crippen LogP contribution in [0.15, 0.2) is 29.4 Å². The lowest BCUT2D eigenvalue weighted by Crippen LogP contribution is -2.24. The van der Waals surface area contributed by atoms with Crippen LogP contribution in [0.25, 0.3) is 0 Å². The predicted molar refractivity (Wildman–Crippen MR) is 87.1 cm³/mol. The number of para-hydroxylation sites is 1. The molecule has 1 aromatic heterocycles. The van der Waals surface area contributed by atoms with E-state index in [0.717, 1.165) is 0 Å². The third-order valence-corrected chi connectivity index (χ3v) is 3.35. The number of nitro groups is 1. The first-order valence-electron chi connectivity index (χ1n) is 7.07. The maximum Gasteiger partial charge on any atom is 0.312 e. The van der Waals surface area contributed by atoms with E-state index in [1.165, 1.54) is 17.8 Å². The van der Waals surface area contributed by atoms with Crippen LogP contribution >= 0.6 is 0 Å². The van der Waals surface area contributed by atoms with E-state index in [1.54, 1.807) is 26.2 Å². The summed E-state index contributed by atoms with van der Waals surface area (Å²) in [5.41, 5.74) is 3.57. The lowest BCUT2D eigenvalue weighted by atomic mass is 10.2. The Kier molecular flexibility index (Phi) is 5.25. The molecule has 0 atom stereocenters. The summed E-state index contributed by atoms with van der Waals surface area (Å²) in [5.74, 6) is 0.186. The molecule has 2 aromatic rings. The molecule has 0 aliphatic carbocycles. The Balaban J connectivity index is 2.03. The van der Waals surface area contributed by atoms with Crippen molar-refractivity contribution >= 4 is 17.8 Å². The van der Waals surface area contributed by atoms with Gasteiger partial charge in [-0.3, -0.25) is 19.6 Å². The van der Waals surface area contributed by atoms with Gasteiger partial charge in [0.15, 0.2) is 0 Å². The number of rotatable bonds is 6. The van der Waals surface area contributed by atoms with Gasteiger partial charge in [-0.15, -0.1) is 0 Å². The van der Waals surface area contributed by atoms with E-state index in [-0.39, 0.29) is 17.9 Å². The summed E-state index contributed by atoms with van der Waals surface area (Å²) in [4.78, 5) is 22.4. The zero-order valence-electron chi connectivity index (χ0n) is 13.5. The van der Waals surface area contributed by atoms with E-state index in [1.807, 2.05) is 12.1 Å². The Bertz CT molecular complexity index is 797. The zero-order chi connectivity index (χ0) is 17.7. The third-order valence-electron chi connectivity index (χ3n) is 3.35. The molecule has 0 unspecified atom stereocenters. The first-order chi connectivity index (χ1) is 11.4. The van der Waals surface area contributed by atoms with E-state index in [2.05, 4.69) is 15.6 Å². The van der Waals surface area contributed by atoms with Gasteiger partial charge in [0.2, 0.25) is 0 Å². The molecule has 0 saturated heterocycles. The fourth-order valence-corrected chi connectivity index (χ4v) is 2.22. The molecular formula is C15H17N5O4. The lowest BCUT2D eigenvalue weighted by Gasteiger charge is -2.04. The number of benzene rings is 1. The summed E-state index contributed by atoms with van der Waals surface area (Å²) in [6.07, 6.45) is 1.46. The van der Waals surface area contributed by atoms with Crippen molar-refractivity contribution in [3.8, 4) is 5.75 Å². The number of hydrazone groups is 1. The number of carbonyl (C=O) groups is 1.